The number of pyridine rings is 1. The molecule has 2 aromatic carbocycles. The zero-order valence-corrected chi connectivity index (χ0v) is 15.2. The zero-order valence-electron chi connectivity index (χ0n) is 15.2. The van der Waals surface area contributed by atoms with Crippen molar-refractivity contribution in [2.75, 3.05) is 4.90 Å². The number of aliphatic hydroxyl groups is 1. The smallest absolute Gasteiger partial charge is 0.300 e. The molecule has 0 spiro atoms. The van der Waals surface area contributed by atoms with Crippen LogP contribution in [0.15, 0.2) is 84.7 Å². The van der Waals surface area contributed by atoms with Crippen molar-refractivity contribution in [3.05, 3.63) is 101 Å². The molecule has 0 bridgehead atoms. The number of amides is 1. The Labute approximate surface area is 162 Å². The molecule has 1 fully saturated rings. The largest absolute Gasteiger partial charge is 0.507 e. The summed E-state index contributed by atoms with van der Waals surface area (Å²) in [5.41, 5.74) is 2.87. The fraction of sp³-hybridized carbons (Fsp3) is 0.0870. The van der Waals surface area contributed by atoms with Crippen LogP contribution in [-0.2, 0) is 9.59 Å². The number of rotatable bonds is 3. The molecule has 1 aliphatic heterocycles. The maximum Gasteiger partial charge on any atom is 0.300 e. The monoisotopic (exact) mass is 370 g/mol. The van der Waals surface area contributed by atoms with Gasteiger partial charge in [0.05, 0.1) is 23.5 Å². The Kier molecular flexibility index (Phi) is 4.49. The summed E-state index contributed by atoms with van der Waals surface area (Å²) in [5.74, 6) is -1.58. The van der Waals surface area contributed by atoms with Crippen molar-refractivity contribution < 1.29 is 14.7 Å². The number of carbonyl (C=O) groups excluding carboxylic acids is 2. The molecule has 1 amide bonds. The fourth-order valence-corrected chi connectivity index (χ4v) is 3.41. The highest BCUT2D eigenvalue weighted by Crippen LogP contribution is 2.41. The molecule has 5 nitrogen and oxygen atoms in total. The van der Waals surface area contributed by atoms with Crippen molar-refractivity contribution in [2.24, 2.45) is 0 Å². The van der Waals surface area contributed by atoms with Gasteiger partial charge in [0.15, 0.2) is 0 Å². The molecule has 28 heavy (non-hydrogen) atoms. The van der Waals surface area contributed by atoms with Crippen LogP contribution in [0.4, 0.5) is 5.69 Å². The van der Waals surface area contributed by atoms with E-state index in [4.69, 9.17) is 0 Å². The summed E-state index contributed by atoms with van der Waals surface area (Å²) < 4.78 is 0. The number of aliphatic hydroxyl groups excluding tert-OH is 1. The first-order valence-electron chi connectivity index (χ1n) is 8.91. The van der Waals surface area contributed by atoms with Gasteiger partial charge in [-0.1, -0.05) is 60.2 Å². The summed E-state index contributed by atoms with van der Waals surface area (Å²) in [6.07, 6.45) is 3.14. The number of benzene rings is 2. The Hall–Kier alpha value is -3.73. The molecule has 4 rings (SSSR count). The fourth-order valence-electron chi connectivity index (χ4n) is 3.41. The predicted molar refractivity (Wildman–Crippen MR) is 107 cm³/mol. The van der Waals surface area contributed by atoms with Gasteiger partial charge in [0.2, 0.25) is 0 Å². The lowest BCUT2D eigenvalue weighted by Gasteiger charge is -2.25. The lowest BCUT2D eigenvalue weighted by Crippen LogP contribution is -2.29. The number of carbonyl (C=O) groups is 2. The van der Waals surface area contributed by atoms with Crippen molar-refractivity contribution in [1.29, 1.82) is 0 Å². The standard InChI is InChI=1S/C23H18N2O3/c1-15-9-11-16(12-10-15)20-19(21(26)17-6-3-2-4-7-17)22(27)23(28)25(20)18-8-5-13-24-14-18/h2-14,20,26H,1H3/b21-19+/t20-/m1/s1. The van der Waals surface area contributed by atoms with Gasteiger partial charge in [-0.3, -0.25) is 19.5 Å². The van der Waals surface area contributed by atoms with Gasteiger partial charge in [0.1, 0.15) is 5.76 Å². The molecule has 1 saturated heterocycles. The van der Waals surface area contributed by atoms with E-state index in [0.29, 0.717) is 11.3 Å². The molecule has 0 aliphatic carbocycles. The third-order valence-electron chi connectivity index (χ3n) is 4.81. The highest BCUT2D eigenvalue weighted by Gasteiger charge is 2.46. The van der Waals surface area contributed by atoms with Gasteiger partial charge in [0.25, 0.3) is 11.7 Å². The van der Waals surface area contributed by atoms with Crippen molar-refractivity contribution in [2.45, 2.75) is 13.0 Å². The van der Waals surface area contributed by atoms with Gasteiger partial charge in [0, 0.05) is 11.8 Å². The van der Waals surface area contributed by atoms with Crippen LogP contribution < -0.4 is 4.90 Å². The maximum atomic E-state index is 12.9. The van der Waals surface area contributed by atoms with Crippen LogP contribution in [0.2, 0.25) is 0 Å². The summed E-state index contributed by atoms with van der Waals surface area (Å²) in [7, 11) is 0. The Bertz CT molecular complexity index is 1060. The average Bonchev–Trinajstić information content (AvgIpc) is 3.00. The van der Waals surface area contributed by atoms with Crippen molar-refractivity contribution in [3.8, 4) is 0 Å². The number of Topliss-reactive ketones (excluding diaryl/α,β-unsaturated/α-hetero) is 1. The highest BCUT2D eigenvalue weighted by molar-refractivity contribution is 6.51. The minimum Gasteiger partial charge on any atom is -0.507 e. The summed E-state index contributed by atoms with van der Waals surface area (Å²) >= 11 is 0. The van der Waals surface area contributed by atoms with Gasteiger partial charge in [-0.2, -0.15) is 0 Å². The Balaban J connectivity index is 1.95. The number of aromatic nitrogens is 1. The predicted octanol–water partition coefficient (Wildman–Crippen LogP) is 4.02. The molecule has 2 heterocycles. The van der Waals surface area contributed by atoms with Gasteiger partial charge in [-0.15, -0.1) is 0 Å². The zero-order chi connectivity index (χ0) is 19.7. The van der Waals surface area contributed by atoms with Crippen LogP contribution in [0.3, 0.4) is 0 Å². The topological polar surface area (TPSA) is 70.5 Å². The number of hydrogen-bond acceptors (Lipinski definition) is 4. The third-order valence-corrected chi connectivity index (χ3v) is 4.81. The van der Waals surface area contributed by atoms with Crippen molar-refractivity contribution in [3.63, 3.8) is 0 Å². The van der Waals surface area contributed by atoms with E-state index in [0.717, 1.165) is 11.1 Å². The van der Waals surface area contributed by atoms with E-state index in [-0.39, 0.29) is 11.3 Å². The molecular weight excluding hydrogens is 352 g/mol. The first kappa shape index (κ1) is 17.7. The molecule has 0 unspecified atom stereocenters. The SMILES string of the molecule is Cc1ccc([C@@H]2/C(=C(\O)c3ccccc3)C(=O)C(=O)N2c2cccnc2)cc1. The van der Waals surface area contributed by atoms with E-state index >= 15 is 0 Å². The van der Waals surface area contributed by atoms with Crippen LogP contribution in [-0.4, -0.2) is 21.8 Å². The van der Waals surface area contributed by atoms with Gasteiger partial charge < -0.3 is 5.11 Å². The second kappa shape index (κ2) is 7.12. The van der Waals surface area contributed by atoms with Crippen LogP contribution in [0.1, 0.15) is 22.7 Å². The normalized spacial score (nSPS) is 18.5. The molecule has 5 heteroatoms. The van der Waals surface area contributed by atoms with Crippen LogP contribution in [0.5, 0.6) is 0 Å². The van der Waals surface area contributed by atoms with E-state index in [1.165, 1.54) is 11.1 Å². The van der Waals surface area contributed by atoms with E-state index in [2.05, 4.69) is 4.98 Å². The molecule has 0 radical (unpaired) electrons. The van der Waals surface area contributed by atoms with E-state index in [9.17, 15) is 14.7 Å². The van der Waals surface area contributed by atoms with Crippen LogP contribution in [0.25, 0.3) is 5.76 Å². The summed E-state index contributed by atoms with van der Waals surface area (Å²) in [6.45, 7) is 1.96. The van der Waals surface area contributed by atoms with Crippen molar-refractivity contribution >= 4 is 23.1 Å². The Morgan fingerprint density at radius 3 is 2.32 bits per heavy atom. The first-order chi connectivity index (χ1) is 13.6. The molecular formula is C23H18N2O3. The molecule has 138 valence electrons. The minimum atomic E-state index is -0.731. The third kappa shape index (κ3) is 2.97. The molecule has 1 N–H and O–H groups in total. The summed E-state index contributed by atoms with van der Waals surface area (Å²) in [6, 6.07) is 19.1. The van der Waals surface area contributed by atoms with Crippen LogP contribution >= 0.6 is 0 Å². The molecule has 1 aliphatic rings. The lowest BCUT2D eigenvalue weighted by atomic mass is 9.94. The second-order valence-corrected chi connectivity index (χ2v) is 6.66. The molecule has 3 aromatic rings. The number of aryl methyl sites for hydroxylation is 1. The number of ketones is 1. The number of hydrogen-bond donors (Lipinski definition) is 1. The van der Waals surface area contributed by atoms with E-state index < -0.39 is 17.7 Å². The Morgan fingerprint density at radius 2 is 1.68 bits per heavy atom. The maximum absolute atomic E-state index is 12.9. The second-order valence-electron chi connectivity index (χ2n) is 6.66. The number of nitrogens with zero attached hydrogens (tertiary/aromatic N) is 2. The average molecular weight is 370 g/mol. The number of anilines is 1. The van der Waals surface area contributed by atoms with Gasteiger partial charge in [-0.05, 0) is 24.6 Å². The van der Waals surface area contributed by atoms with Crippen LogP contribution in [0, 0.1) is 6.92 Å². The summed E-state index contributed by atoms with van der Waals surface area (Å²) in [5, 5.41) is 10.9. The van der Waals surface area contributed by atoms with Gasteiger partial charge >= 0.3 is 0 Å². The minimum absolute atomic E-state index is 0.0731. The quantitative estimate of drug-likeness (QED) is 0.429. The van der Waals surface area contributed by atoms with Crippen molar-refractivity contribution in [1.82, 2.24) is 4.98 Å². The molecule has 1 atom stereocenters. The van der Waals surface area contributed by atoms with E-state index in [1.807, 2.05) is 37.3 Å². The molecule has 1 aromatic heterocycles. The van der Waals surface area contributed by atoms with Gasteiger partial charge in [-0.25, -0.2) is 0 Å². The van der Waals surface area contributed by atoms with E-state index in [1.54, 1.807) is 42.6 Å². The Morgan fingerprint density at radius 1 is 0.964 bits per heavy atom. The lowest BCUT2D eigenvalue weighted by molar-refractivity contribution is -0.132. The molecule has 0 saturated carbocycles. The highest BCUT2D eigenvalue weighted by atomic mass is 16.3. The first-order valence-corrected chi connectivity index (χ1v) is 8.91. The summed E-state index contributed by atoms with van der Waals surface area (Å²) in [4.78, 5) is 31.3.